The fraction of sp³-hybridized carbons (Fsp3) is 0.125. The number of para-hydroxylation sites is 1. The van der Waals surface area contributed by atoms with E-state index < -0.39 is 0 Å². The highest BCUT2D eigenvalue weighted by Gasteiger charge is 2.09. The first-order valence-electron chi connectivity index (χ1n) is 6.46. The van der Waals surface area contributed by atoms with Gasteiger partial charge in [0.25, 0.3) is 5.56 Å². The lowest BCUT2D eigenvalue weighted by Crippen LogP contribution is -2.20. The molecule has 100 valence electrons. The van der Waals surface area contributed by atoms with E-state index in [1.165, 1.54) is 0 Å². The molecule has 3 rings (SSSR count). The van der Waals surface area contributed by atoms with Gasteiger partial charge in [-0.1, -0.05) is 36.4 Å². The second-order valence-electron chi connectivity index (χ2n) is 4.72. The molecule has 0 bridgehead atoms. The van der Waals surface area contributed by atoms with Crippen molar-refractivity contribution >= 4 is 10.9 Å². The van der Waals surface area contributed by atoms with Crippen molar-refractivity contribution in [3.8, 4) is 11.4 Å². The summed E-state index contributed by atoms with van der Waals surface area (Å²) in [4.78, 5) is 16.9. The van der Waals surface area contributed by atoms with Gasteiger partial charge in [0.15, 0.2) is 0 Å². The Morgan fingerprint density at radius 3 is 2.50 bits per heavy atom. The lowest BCUT2D eigenvalue weighted by Gasteiger charge is -2.09. The van der Waals surface area contributed by atoms with Crippen LogP contribution >= 0.6 is 0 Å². The maximum absolute atomic E-state index is 12.3. The van der Waals surface area contributed by atoms with Crippen LogP contribution in [0.15, 0.2) is 53.3 Å². The largest absolute Gasteiger partial charge is 0.326 e. The van der Waals surface area contributed by atoms with Gasteiger partial charge in [-0.15, -0.1) is 0 Å². The molecule has 1 heterocycles. The predicted molar refractivity (Wildman–Crippen MR) is 80.3 cm³/mol. The zero-order chi connectivity index (χ0) is 14.1. The van der Waals surface area contributed by atoms with Crippen LogP contribution in [-0.4, -0.2) is 9.55 Å². The van der Waals surface area contributed by atoms with Crippen LogP contribution in [0.1, 0.15) is 5.56 Å². The van der Waals surface area contributed by atoms with Crippen LogP contribution in [0.2, 0.25) is 0 Å². The van der Waals surface area contributed by atoms with Crippen molar-refractivity contribution in [3.05, 3.63) is 64.4 Å². The number of benzene rings is 2. The number of nitrogens with two attached hydrogens (primary N) is 1. The SMILES string of the molecule is Cn1c(-c2ccc(CN)cc2)nc2ccccc2c1=O. The summed E-state index contributed by atoms with van der Waals surface area (Å²) in [7, 11) is 1.74. The van der Waals surface area contributed by atoms with Crippen LogP contribution in [0.4, 0.5) is 0 Å². The van der Waals surface area contributed by atoms with Crippen LogP contribution < -0.4 is 11.3 Å². The molecule has 1 aromatic heterocycles. The van der Waals surface area contributed by atoms with Crippen molar-refractivity contribution in [3.63, 3.8) is 0 Å². The molecule has 2 aromatic carbocycles. The Morgan fingerprint density at radius 1 is 1.10 bits per heavy atom. The smallest absolute Gasteiger partial charge is 0.261 e. The Labute approximate surface area is 116 Å². The highest BCUT2D eigenvalue weighted by atomic mass is 16.1. The van der Waals surface area contributed by atoms with Gasteiger partial charge in [0.2, 0.25) is 0 Å². The molecular weight excluding hydrogens is 250 g/mol. The van der Waals surface area contributed by atoms with Crippen molar-refractivity contribution in [2.75, 3.05) is 0 Å². The molecule has 0 aliphatic carbocycles. The van der Waals surface area contributed by atoms with E-state index in [4.69, 9.17) is 5.73 Å². The molecule has 0 radical (unpaired) electrons. The van der Waals surface area contributed by atoms with Gasteiger partial charge in [0, 0.05) is 19.2 Å². The summed E-state index contributed by atoms with van der Waals surface area (Å²) in [5, 5.41) is 0.636. The molecule has 0 amide bonds. The molecule has 4 heteroatoms. The molecular formula is C16H15N3O. The third-order valence-electron chi connectivity index (χ3n) is 3.43. The highest BCUT2D eigenvalue weighted by molar-refractivity contribution is 5.79. The van der Waals surface area contributed by atoms with E-state index in [9.17, 15) is 4.79 Å². The van der Waals surface area contributed by atoms with E-state index in [-0.39, 0.29) is 5.56 Å². The Bertz CT molecular complexity index is 819. The Kier molecular flexibility index (Phi) is 3.08. The minimum absolute atomic E-state index is 0.0338. The fourth-order valence-electron chi connectivity index (χ4n) is 2.27. The van der Waals surface area contributed by atoms with Crippen LogP contribution in [0.25, 0.3) is 22.3 Å². The van der Waals surface area contributed by atoms with Crippen molar-refractivity contribution in [2.24, 2.45) is 12.8 Å². The van der Waals surface area contributed by atoms with Gasteiger partial charge in [-0.3, -0.25) is 9.36 Å². The summed E-state index contributed by atoms with van der Waals surface area (Å²) < 4.78 is 1.58. The summed E-state index contributed by atoms with van der Waals surface area (Å²) in [6.07, 6.45) is 0. The molecule has 0 saturated heterocycles. The Morgan fingerprint density at radius 2 is 1.80 bits per heavy atom. The second-order valence-corrected chi connectivity index (χ2v) is 4.72. The summed E-state index contributed by atoms with van der Waals surface area (Å²) >= 11 is 0. The van der Waals surface area contributed by atoms with Crippen molar-refractivity contribution < 1.29 is 0 Å². The van der Waals surface area contributed by atoms with E-state index in [2.05, 4.69) is 4.98 Å². The van der Waals surface area contributed by atoms with Crippen LogP contribution in [-0.2, 0) is 13.6 Å². The molecule has 0 fully saturated rings. The zero-order valence-corrected chi connectivity index (χ0v) is 11.2. The Hall–Kier alpha value is -2.46. The first-order chi connectivity index (χ1) is 9.70. The number of nitrogens with zero attached hydrogens (tertiary/aromatic N) is 2. The number of hydrogen-bond acceptors (Lipinski definition) is 3. The summed E-state index contributed by atoms with van der Waals surface area (Å²) in [5.74, 6) is 0.664. The maximum Gasteiger partial charge on any atom is 0.261 e. The molecule has 0 aliphatic rings. The van der Waals surface area contributed by atoms with Crippen molar-refractivity contribution in [1.29, 1.82) is 0 Å². The standard InChI is InChI=1S/C16H15N3O/c1-19-15(12-8-6-11(10-17)7-9-12)18-14-5-3-2-4-13(14)16(19)20/h2-9H,10,17H2,1H3. The number of fused-ring (bicyclic) bond motifs is 1. The average Bonchev–Trinajstić information content (AvgIpc) is 2.51. The minimum atomic E-state index is -0.0338. The van der Waals surface area contributed by atoms with Crippen LogP contribution in [0, 0.1) is 0 Å². The third-order valence-corrected chi connectivity index (χ3v) is 3.43. The van der Waals surface area contributed by atoms with Gasteiger partial charge < -0.3 is 5.73 Å². The van der Waals surface area contributed by atoms with Crippen LogP contribution in [0.5, 0.6) is 0 Å². The number of aromatic nitrogens is 2. The number of hydrogen-bond donors (Lipinski definition) is 1. The molecule has 3 aromatic rings. The molecule has 0 atom stereocenters. The molecule has 2 N–H and O–H groups in total. The number of rotatable bonds is 2. The summed E-state index contributed by atoms with van der Waals surface area (Å²) in [6.45, 7) is 0.504. The van der Waals surface area contributed by atoms with Gasteiger partial charge in [0.05, 0.1) is 10.9 Å². The molecule has 0 unspecified atom stereocenters. The van der Waals surface area contributed by atoms with Gasteiger partial charge in [-0.05, 0) is 17.7 Å². The van der Waals surface area contributed by atoms with E-state index >= 15 is 0 Å². The molecule has 20 heavy (non-hydrogen) atoms. The first kappa shape index (κ1) is 12.6. The summed E-state index contributed by atoms with van der Waals surface area (Å²) in [5.41, 5.74) is 8.24. The van der Waals surface area contributed by atoms with Crippen molar-refractivity contribution in [2.45, 2.75) is 6.54 Å². The maximum atomic E-state index is 12.3. The topological polar surface area (TPSA) is 60.9 Å². The lowest BCUT2D eigenvalue weighted by molar-refractivity contribution is 0.855. The normalized spacial score (nSPS) is 10.9. The van der Waals surface area contributed by atoms with E-state index in [0.717, 1.165) is 11.1 Å². The van der Waals surface area contributed by atoms with E-state index in [0.29, 0.717) is 23.3 Å². The first-order valence-corrected chi connectivity index (χ1v) is 6.46. The third kappa shape index (κ3) is 2.00. The fourth-order valence-corrected chi connectivity index (χ4v) is 2.27. The lowest BCUT2D eigenvalue weighted by atomic mass is 10.1. The molecule has 0 saturated carbocycles. The van der Waals surface area contributed by atoms with Gasteiger partial charge >= 0.3 is 0 Å². The molecule has 0 spiro atoms. The highest BCUT2D eigenvalue weighted by Crippen LogP contribution is 2.18. The predicted octanol–water partition coefficient (Wildman–Crippen LogP) is 2.06. The zero-order valence-electron chi connectivity index (χ0n) is 11.2. The van der Waals surface area contributed by atoms with Gasteiger partial charge in [0.1, 0.15) is 5.82 Å². The quantitative estimate of drug-likeness (QED) is 0.771. The van der Waals surface area contributed by atoms with Gasteiger partial charge in [-0.25, -0.2) is 4.98 Å². The van der Waals surface area contributed by atoms with E-state index in [1.54, 1.807) is 17.7 Å². The monoisotopic (exact) mass is 265 g/mol. The molecule has 0 aliphatic heterocycles. The second kappa shape index (κ2) is 4.90. The van der Waals surface area contributed by atoms with Gasteiger partial charge in [-0.2, -0.15) is 0 Å². The minimum Gasteiger partial charge on any atom is -0.326 e. The molecule has 4 nitrogen and oxygen atoms in total. The van der Waals surface area contributed by atoms with Crippen molar-refractivity contribution in [1.82, 2.24) is 9.55 Å². The summed E-state index contributed by atoms with van der Waals surface area (Å²) in [6, 6.07) is 15.2. The Balaban J connectivity index is 2.25. The van der Waals surface area contributed by atoms with E-state index in [1.807, 2.05) is 42.5 Å². The average molecular weight is 265 g/mol. The van der Waals surface area contributed by atoms with Crippen LogP contribution in [0.3, 0.4) is 0 Å².